The topological polar surface area (TPSA) is 56.5 Å². The van der Waals surface area contributed by atoms with Crippen molar-refractivity contribution in [3.8, 4) is 5.75 Å². The lowest BCUT2D eigenvalue weighted by atomic mass is 10.1. The van der Waals surface area contributed by atoms with E-state index in [1.807, 2.05) is 6.92 Å². The Morgan fingerprint density at radius 3 is 2.65 bits per heavy atom. The van der Waals surface area contributed by atoms with Gasteiger partial charge in [-0.3, -0.25) is 4.79 Å². The van der Waals surface area contributed by atoms with Gasteiger partial charge in [-0.2, -0.15) is 0 Å². The van der Waals surface area contributed by atoms with Crippen LogP contribution in [0.15, 0.2) is 45.6 Å². The zero-order chi connectivity index (χ0) is 18.8. The number of ketones is 1. The number of benzene rings is 2. The molecule has 1 heterocycles. The van der Waals surface area contributed by atoms with Crippen molar-refractivity contribution < 1.29 is 18.3 Å². The van der Waals surface area contributed by atoms with Crippen LogP contribution < -0.4 is 10.4 Å². The van der Waals surface area contributed by atoms with E-state index in [9.17, 15) is 14.0 Å². The van der Waals surface area contributed by atoms with Gasteiger partial charge in [0.15, 0.2) is 5.78 Å². The second-order valence-corrected chi connectivity index (χ2v) is 6.28. The van der Waals surface area contributed by atoms with Gasteiger partial charge in [-0.25, -0.2) is 9.18 Å². The van der Waals surface area contributed by atoms with Crippen LogP contribution in [0.3, 0.4) is 0 Å². The SMILES string of the molecule is CCc1cc2oc(=O)cc(COc3ccc(F)cc3C(C)=O)c2cc1Cl. The molecule has 0 unspecified atom stereocenters. The molecule has 0 aliphatic carbocycles. The summed E-state index contributed by atoms with van der Waals surface area (Å²) >= 11 is 6.27. The average Bonchev–Trinajstić information content (AvgIpc) is 2.60. The molecule has 0 saturated carbocycles. The molecule has 134 valence electrons. The smallest absolute Gasteiger partial charge is 0.336 e. The minimum Gasteiger partial charge on any atom is -0.488 e. The summed E-state index contributed by atoms with van der Waals surface area (Å²) in [5.41, 5.74) is 1.50. The molecule has 2 aromatic carbocycles. The number of fused-ring (bicyclic) bond motifs is 1. The predicted molar refractivity (Wildman–Crippen MR) is 97.6 cm³/mol. The van der Waals surface area contributed by atoms with Gasteiger partial charge in [-0.1, -0.05) is 18.5 Å². The van der Waals surface area contributed by atoms with Crippen LogP contribution in [0.4, 0.5) is 4.39 Å². The normalized spacial score (nSPS) is 10.9. The first-order valence-corrected chi connectivity index (χ1v) is 8.45. The maximum Gasteiger partial charge on any atom is 0.336 e. The lowest BCUT2D eigenvalue weighted by Gasteiger charge is -2.12. The molecule has 0 aliphatic heterocycles. The van der Waals surface area contributed by atoms with Crippen molar-refractivity contribution in [2.24, 2.45) is 0 Å². The van der Waals surface area contributed by atoms with Gasteiger partial charge in [-0.05, 0) is 49.2 Å². The first-order valence-electron chi connectivity index (χ1n) is 8.07. The molecule has 3 rings (SSSR count). The summed E-state index contributed by atoms with van der Waals surface area (Å²) in [4.78, 5) is 23.5. The standard InChI is InChI=1S/C20H16ClFO4/c1-3-12-6-19-16(9-17(12)21)13(7-20(24)26-19)10-25-18-5-4-14(22)8-15(18)11(2)23/h4-9H,3,10H2,1-2H3. The highest BCUT2D eigenvalue weighted by molar-refractivity contribution is 6.32. The zero-order valence-electron chi connectivity index (χ0n) is 14.3. The van der Waals surface area contributed by atoms with Crippen LogP contribution in [0.1, 0.15) is 35.3 Å². The Bertz CT molecular complexity index is 1060. The van der Waals surface area contributed by atoms with Gasteiger partial charge >= 0.3 is 5.63 Å². The van der Waals surface area contributed by atoms with Gasteiger partial charge in [0, 0.05) is 22.0 Å². The molecule has 0 aliphatic rings. The average molecular weight is 375 g/mol. The molecule has 0 fully saturated rings. The third-order valence-electron chi connectivity index (χ3n) is 4.08. The first-order chi connectivity index (χ1) is 12.4. The van der Waals surface area contributed by atoms with Crippen molar-refractivity contribution in [3.05, 3.63) is 74.3 Å². The number of ether oxygens (including phenoxy) is 1. The van der Waals surface area contributed by atoms with Gasteiger partial charge in [0.05, 0.1) is 5.56 Å². The van der Waals surface area contributed by atoms with Crippen LogP contribution in [0.5, 0.6) is 5.75 Å². The lowest BCUT2D eigenvalue weighted by molar-refractivity contribution is 0.101. The molecule has 0 N–H and O–H groups in total. The number of hydrogen-bond donors (Lipinski definition) is 0. The Labute approximate surface area is 154 Å². The van der Waals surface area contributed by atoms with Crippen molar-refractivity contribution in [2.75, 3.05) is 0 Å². The number of rotatable bonds is 5. The van der Waals surface area contributed by atoms with Crippen molar-refractivity contribution in [2.45, 2.75) is 26.9 Å². The minimum atomic E-state index is -0.521. The Balaban J connectivity index is 2.01. The maximum absolute atomic E-state index is 13.4. The first kappa shape index (κ1) is 18.1. The van der Waals surface area contributed by atoms with Crippen LogP contribution in [-0.4, -0.2) is 5.78 Å². The third-order valence-corrected chi connectivity index (χ3v) is 4.43. The number of aryl methyl sites for hydroxylation is 1. The molecule has 0 bridgehead atoms. The van der Waals surface area contributed by atoms with Crippen LogP contribution in [0, 0.1) is 5.82 Å². The second-order valence-electron chi connectivity index (χ2n) is 5.87. The predicted octanol–water partition coefficient (Wildman–Crippen LogP) is 4.93. The highest BCUT2D eigenvalue weighted by Crippen LogP contribution is 2.28. The minimum absolute atomic E-state index is 0.00974. The fraction of sp³-hybridized carbons (Fsp3) is 0.200. The van der Waals surface area contributed by atoms with Crippen molar-refractivity contribution in [1.82, 2.24) is 0 Å². The highest BCUT2D eigenvalue weighted by atomic mass is 35.5. The number of halogens is 2. The van der Waals surface area contributed by atoms with Gasteiger partial charge in [0.1, 0.15) is 23.8 Å². The number of carbonyl (C=O) groups is 1. The maximum atomic E-state index is 13.4. The fourth-order valence-electron chi connectivity index (χ4n) is 2.74. The molecule has 4 nitrogen and oxygen atoms in total. The fourth-order valence-corrected chi connectivity index (χ4v) is 3.04. The molecule has 0 saturated heterocycles. The van der Waals surface area contributed by atoms with Crippen molar-refractivity contribution in [1.29, 1.82) is 0 Å². The number of Topliss-reactive ketones (excluding diaryl/α,β-unsaturated/α-hetero) is 1. The molecule has 0 radical (unpaired) electrons. The number of carbonyl (C=O) groups excluding carboxylic acids is 1. The quantitative estimate of drug-likeness (QED) is 0.469. The van der Waals surface area contributed by atoms with Crippen molar-refractivity contribution >= 4 is 28.4 Å². The Morgan fingerprint density at radius 1 is 1.19 bits per heavy atom. The molecule has 1 aromatic heterocycles. The summed E-state index contributed by atoms with van der Waals surface area (Å²) in [5, 5.41) is 1.22. The van der Waals surface area contributed by atoms with Crippen LogP contribution in [0.25, 0.3) is 11.0 Å². The van der Waals surface area contributed by atoms with E-state index < -0.39 is 11.4 Å². The second kappa shape index (κ2) is 7.30. The van der Waals surface area contributed by atoms with Crippen LogP contribution >= 0.6 is 11.6 Å². The van der Waals surface area contributed by atoms with Gasteiger partial charge in [-0.15, -0.1) is 0 Å². The third kappa shape index (κ3) is 3.63. The zero-order valence-corrected chi connectivity index (χ0v) is 15.0. The largest absolute Gasteiger partial charge is 0.488 e. The highest BCUT2D eigenvalue weighted by Gasteiger charge is 2.13. The van der Waals surface area contributed by atoms with E-state index in [-0.39, 0.29) is 23.7 Å². The Hall–Kier alpha value is -2.66. The summed E-state index contributed by atoms with van der Waals surface area (Å²) in [7, 11) is 0. The summed E-state index contributed by atoms with van der Waals surface area (Å²) in [5.74, 6) is -0.587. The summed E-state index contributed by atoms with van der Waals surface area (Å²) in [6, 6.07) is 8.52. The lowest BCUT2D eigenvalue weighted by Crippen LogP contribution is -2.06. The van der Waals surface area contributed by atoms with Crippen LogP contribution in [-0.2, 0) is 13.0 Å². The van der Waals surface area contributed by atoms with E-state index in [0.29, 0.717) is 28.0 Å². The van der Waals surface area contributed by atoms with Gasteiger partial charge < -0.3 is 9.15 Å². The molecule has 26 heavy (non-hydrogen) atoms. The molecule has 0 atom stereocenters. The molecule has 0 amide bonds. The van der Waals surface area contributed by atoms with E-state index in [1.54, 1.807) is 12.1 Å². The summed E-state index contributed by atoms with van der Waals surface area (Å²) < 4.78 is 24.3. The molecule has 0 spiro atoms. The van der Waals surface area contributed by atoms with E-state index in [0.717, 1.165) is 11.6 Å². The van der Waals surface area contributed by atoms with Crippen LogP contribution in [0.2, 0.25) is 5.02 Å². The Kier molecular flexibility index (Phi) is 5.09. The molecular formula is C20H16ClFO4. The van der Waals surface area contributed by atoms with E-state index >= 15 is 0 Å². The number of hydrogen-bond acceptors (Lipinski definition) is 4. The molecule has 3 aromatic rings. The van der Waals surface area contributed by atoms with Gasteiger partial charge in [0.2, 0.25) is 0 Å². The molecular weight excluding hydrogens is 359 g/mol. The Morgan fingerprint density at radius 2 is 1.96 bits per heavy atom. The van der Waals surface area contributed by atoms with Gasteiger partial charge in [0.25, 0.3) is 0 Å². The summed E-state index contributed by atoms with van der Waals surface area (Å²) in [6.07, 6.45) is 0.705. The van der Waals surface area contributed by atoms with E-state index in [4.69, 9.17) is 20.8 Å². The van der Waals surface area contributed by atoms with E-state index in [1.165, 1.54) is 25.1 Å². The summed E-state index contributed by atoms with van der Waals surface area (Å²) in [6.45, 7) is 3.30. The monoisotopic (exact) mass is 374 g/mol. The van der Waals surface area contributed by atoms with Crippen molar-refractivity contribution in [3.63, 3.8) is 0 Å². The molecule has 6 heteroatoms. The van der Waals surface area contributed by atoms with E-state index in [2.05, 4.69) is 0 Å².